The van der Waals surface area contributed by atoms with Gasteiger partial charge in [0.15, 0.2) is 0 Å². The Labute approximate surface area is 119 Å². The van der Waals surface area contributed by atoms with E-state index in [1.165, 1.54) is 6.08 Å². The molecule has 1 rings (SSSR count). The largest absolute Gasteiger partial charge is 0.480 e. The van der Waals surface area contributed by atoms with Gasteiger partial charge < -0.3 is 10.4 Å². The highest BCUT2D eigenvalue weighted by Gasteiger charge is 2.30. The first-order chi connectivity index (χ1) is 9.75. The van der Waals surface area contributed by atoms with Crippen molar-refractivity contribution >= 4 is 11.9 Å². The van der Waals surface area contributed by atoms with Crippen molar-refractivity contribution in [3.63, 3.8) is 0 Å². The lowest BCUT2D eigenvalue weighted by atomic mass is 10.1. The van der Waals surface area contributed by atoms with Crippen LogP contribution in [-0.2, 0) is 11.0 Å². The number of aliphatic carboxylic acids is 1. The topological polar surface area (TPSA) is 66.4 Å². The minimum absolute atomic E-state index is 0.0344. The second kappa shape index (κ2) is 6.92. The van der Waals surface area contributed by atoms with E-state index in [-0.39, 0.29) is 12.0 Å². The molecule has 0 fully saturated rings. The van der Waals surface area contributed by atoms with E-state index in [1.54, 1.807) is 0 Å². The van der Waals surface area contributed by atoms with Crippen LogP contribution >= 0.6 is 0 Å². The normalized spacial score (nSPS) is 12.5. The van der Waals surface area contributed by atoms with E-state index in [9.17, 15) is 22.8 Å². The summed E-state index contributed by atoms with van der Waals surface area (Å²) in [4.78, 5) is 22.8. The third-order valence-electron chi connectivity index (χ3n) is 2.74. The number of carbonyl (C=O) groups excluding carboxylic acids is 1. The van der Waals surface area contributed by atoms with Gasteiger partial charge in [0.05, 0.1) is 5.56 Å². The van der Waals surface area contributed by atoms with Crippen molar-refractivity contribution in [1.29, 1.82) is 0 Å². The van der Waals surface area contributed by atoms with E-state index in [1.807, 2.05) is 0 Å². The fourth-order valence-corrected chi connectivity index (χ4v) is 1.59. The molecule has 0 saturated carbocycles. The van der Waals surface area contributed by atoms with E-state index >= 15 is 0 Å². The zero-order chi connectivity index (χ0) is 16.0. The third kappa shape index (κ3) is 4.94. The maximum atomic E-state index is 12.4. The Kier molecular flexibility index (Phi) is 5.52. The van der Waals surface area contributed by atoms with E-state index in [0.29, 0.717) is 6.42 Å². The van der Waals surface area contributed by atoms with Gasteiger partial charge in [0, 0.05) is 5.56 Å². The molecule has 4 nitrogen and oxygen atoms in total. The Bertz CT molecular complexity index is 523. The predicted molar refractivity (Wildman–Crippen MR) is 69.8 cm³/mol. The molecule has 1 unspecified atom stereocenters. The van der Waals surface area contributed by atoms with Gasteiger partial charge in [0.2, 0.25) is 0 Å². The highest BCUT2D eigenvalue weighted by molar-refractivity contribution is 5.96. The Balaban J connectivity index is 2.78. The second-order valence-electron chi connectivity index (χ2n) is 4.31. The summed E-state index contributed by atoms with van der Waals surface area (Å²) in [7, 11) is 0. The molecular formula is C14H14F3NO3. The zero-order valence-electron chi connectivity index (χ0n) is 11.0. The molecule has 1 amide bonds. The lowest BCUT2D eigenvalue weighted by Gasteiger charge is -2.14. The van der Waals surface area contributed by atoms with Gasteiger partial charge in [-0.1, -0.05) is 6.08 Å². The molecule has 0 aliphatic heterocycles. The fourth-order valence-electron chi connectivity index (χ4n) is 1.59. The average Bonchev–Trinajstić information content (AvgIpc) is 2.42. The summed E-state index contributed by atoms with van der Waals surface area (Å²) in [5, 5.41) is 11.2. The lowest BCUT2D eigenvalue weighted by molar-refractivity contribution is -0.139. The van der Waals surface area contributed by atoms with E-state index in [0.717, 1.165) is 24.3 Å². The summed E-state index contributed by atoms with van der Waals surface area (Å²) in [6.07, 6.45) is -2.42. The van der Waals surface area contributed by atoms with E-state index in [2.05, 4.69) is 11.9 Å². The van der Waals surface area contributed by atoms with Crippen LogP contribution in [0.25, 0.3) is 0 Å². The summed E-state index contributed by atoms with van der Waals surface area (Å²) in [6, 6.07) is 2.44. The van der Waals surface area contributed by atoms with Crippen LogP contribution in [0.4, 0.5) is 13.2 Å². The van der Waals surface area contributed by atoms with Crippen LogP contribution in [0, 0.1) is 0 Å². The Morgan fingerprint density at radius 1 is 1.29 bits per heavy atom. The molecule has 0 heterocycles. The molecule has 114 valence electrons. The summed E-state index contributed by atoms with van der Waals surface area (Å²) >= 11 is 0. The molecule has 0 bridgehead atoms. The molecule has 1 aromatic carbocycles. The molecular weight excluding hydrogens is 287 g/mol. The molecule has 0 spiro atoms. The number of benzene rings is 1. The van der Waals surface area contributed by atoms with Gasteiger partial charge >= 0.3 is 12.1 Å². The van der Waals surface area contributed by atoms with E-state index < -0.39 is 29.7 Å². The van der Waals surface area contributed by atoms with Gasteiger partial charge in [0.25, 0.3) is 5.91 Å². The number of carboxylic acids is 1. The maximum absolute atomic E-state index is 12.4. The summed E-state index contributed by atoms with van der Waals surface area (Å²) < 4.78 is 37.2. The molecule has 2 N–H and O–H groups in total. The third-order valence-corrected chi connectivity index (χ3v) is 2.74. The van der Waals surface area contributed by atoms with Crippen LogP contribution in [0.15, 0.2) is 36.9 Å². The van der Waals surface area contributed by atoms with Crippen LogP contribution < -0.4 is 5.32 Å². The van der Waals surface area contributed by atoms with Crippen LogP contribution in [0.2, 0.25) is 0 Å². The highest BCUT2D eigenvalue weighted by atomic mass is 19.4. The SMILES string of the molecule is C=CCCC(NC(=O)c1ccc(C(F)(F)F)cc1)C(=O)O. The molecule has 0 aromatic heterocycles. The molecule has 0 aliphatic carbocycles. The molecule has 1 aromatic rings. The van der Waals surface area contributed by atoms with E-state index in [4.69, 9.17) is 5.11 Å². The number of halogens is 3. The van der Waals surface area contributed by atoms with Crippen molar-refractivity contribution in [2.75, 3.05) is 0 Å². The fraction of sp³-hybridized carbons (Fsp3) is 0.286. The minimum atomic E-state index is -4.48. The highest BCUT2D eigenvalue weighted by Crippen LogP contribution is 2.29. The number of rotatable bonds is 6. The Morgan fingerprint density at radius 2 is 1.86 bits per heavy atom. The van der Waals surface area contributed by atoms with Crippen molar-refractivity contribution in [2.24, 2.45) is 0 Å². The summed E-state index contributed by atoms with van der Waals surface area (Å²) in [5.41, 5.74) is -0.909. The summed E-state index contributed by atoms with van der Waals surface area (Å²) in [5.74, 6) is -1.95. The van der Waals surface area contributed by atoms with Gasteiger partial charge in [-0.3, -0.25) is 4.79 Å². The van der Waals surface area contributed by atoms with Gasteiger partial charge in [-0.05, 0) is 37.1 Å². The number of allylic oxidation sites excluding steroid dienone is 1. The smallest absolute Gasteiger partial charge is 0.416 e. The van der Waals surface area contributed by atoms with Crippen molar-refractivity contribution in [3.8, 4) is 0 Å². The second-order valence-corrected chi connectivity index (χ2v) is 4.31. The first kappa shape index (κ1) is 16.7. The molecule has 1 atom stereocenters. The number of hydrogen-bond acceptors (Lipinski definition) is 2. The zero-order valence-corrected chi connectivity index (χ0v) is 11.0. The van der Waals surface area contributed by atoms with Crippen molar-refractivity contribution in [1.82, 2.24) is 5.32 Å². The average molecular weight is 301 g/mol. The minimum Gasteiger partial charge on any atom is -0.480 e. The predicted octanol–water partition coefficient (Wildman–Crippen LogP) is 2.85. The number of alkyl halides is 3. The van der Waals surface area contributed by atoms with Crippen LogP contribution in [0.1, 0.15) is 28.8 Å². The standard InChI is InChI=1S/C14H14F3NO3/c1-2-3-4-11(13(20)21)18-12(19)9-5-7-10(8-6-9)14(15,16)17/h2,5-8,11H,1,3-4H2,(H,18,19)(H,20,21). The number of carbonyl (C=O) groups is 2. The van der Waals surface area contributed by atoms with Gasteiger partial charge in [0.1, 0.15) is 6.04 Å². The number of hydrogen-bond donors (Lipinski definition) is 2. The first-order valence-corrected chi connectivity index (χ1v) is 6.07. The number of carboxylic acid groups (broad SMARTS) is 1. The molecule has 0 aliphatic rings. The maximum Gasteiger partial charge on any atom is 0.416 e. The van der Waals surface area contributed by atoms with Gasteiger partial charge in [-0.15, -0.1) is 6.58 Å². The van der Waals surface area contributed by atoms with Gasteiger partial charge in [-0.2, -0.15) is 13.2 Å². The number of nitrogens with one attached hydrogen (secondary N) is 1. The molecule has 0 radical (unpaired) electrons. The Morgan fingerprint density at radius 3 is 2.29 bits per heavy atom. The van der Waals surface area contributed by atoms with Crippen molar-refractivity contribution < 1.29 is 27.9 Å². The Hall–Kier alpha value is -2.31. The van der Waals surface area contributed by atoms with Crippen LogP contribution in [0.3, 0.4) is 0 Å². The molecule has 0 saturated heterocycles. The lowest BCUT2D eigenvalue weighted by Crippen LogP contribution is -2.40. The van der Waals surface area contributed by atoms with Crippen LogP contribution in [0.5, 0.6) is 0 Å². The summed E-state index contributed by atoms with van der Waals surface area (Å²) in [6.45, 7) is 3.45. The molecule has 21 heavy (non-hydrogen) atoms. The first-order valence-electron chi connectivity index (χ1n) is 6.07. The molecule has 7 heteroatoms. The quantitative estimate of drug-likeness (QED) is 0.794. The van der Waals surface area contributed by atoms with Crippen molar-refractivity contribution in [2.45, 2.75) is 25.1 Å². The van der Waals surface area contributed by atoms with Crippen LogP contribution in [-0.4, -0.2) is 23.0 Å². The van der Waals surface area contributed by atoms with Crippen molar-refractivity contribution in [3.05, 3.63) is 48.0 Å². The van der Waals surface area contributed by atoms with Gasteiger partial charge in [-0.25, -0.2) is 4.79 Å². The number of amides is 1. The monoisotopic (exact) mass is 301 g/mol.